The number of amides is 4. The normalized spacial score (nSPS) is 21.1. The van der Waals surface area contributed by atoms with Crippen molar-refractivity contribution in [2.45, 2.75) is 37.9 Å². The van der Waals surface area contributed by atoms with Gasteiger partial charge in [0.15, 0.2) is 0 Å². The molecule has 2 aromatic carbocycles. The van der Waals surface area contributed by atoms with Crippen LogP contribution < -0.4 is 15.5 Å². The van der Waals surface area contributed by atoms with E-state index in [0.717, 1.165) is 23.4 Å². The van der Waals surface area contributed by atoms with Gasteiger partial charge in [0.2, 0.25) is 11.8 Å². The number of hydrogen-bond acceptors (Lipinski definition) is 7. The molecule has 0 bridgehead atoms. The van der Waals surface area contributed by atoms with Gasteiger partial charge in [0.1, 0.15) is 6.04 Å². The van der Waals surface area contributed by atoms with Crippen LogP contribution in [0.5, 0.6) is 0 Å². The molecule has 2 atom stereocenters. The van der Waals surface area contributed by atoms with Crippen LogP contribution in [0.15, 0.2) is 54.9 Å². The average molecular weight is 499 g/mol. The minimum Gasteiger partial charge on any atom is -0.380 e. The Kier molecular flexibility index (Phi) is 5.51. The number of nitrogens with one attached hydrogen (secondary N) is 2. The molecule has 1 aromatic heterocycles. The van der Waals surface area contributed by atoms with E-state index in [1.54, 1.807) is 24.4 Å². The summed E-state index contributed by atoms with van der Waals surface area (Å²) in [5.74, 6) is -2.07. The number of imide groups is 2. The summed E-state index contributed by atoms with van der Waals surface area (Å²) in [5.41, 5.74) is 4.39. The van der Waals surface area contributed by atoms with Crippen molar-refractivity contribution in [1.82, 2.24) is 20.0 Å². The SMILES string of the molecule is CN1CCC(n2cc(CNc3cccc4c3C(=O)N(C3CCC(=O)NC3=O)C4=O)cn2)c2ccccc21. The van der Waals surface area contributed by atoms with Crippen LogP contribution in [-0.2, 0) is 16.1 Å². The summed E-state index contributed by atoms with van der Waals surface area (Å²) >= 11 is 0. The van der Waals surface area contributed by atoms with Gasteiger partial charge >= 0.3 is 0 Å². The van der Waals surface area contributed by atoms with Crippen molar-refractivity contribution in [3.8, 4) is 0 Å². The summed E-state index contributed by atoms with van der Waals surface area (Å²) in [5, 5.41) is 10.1. The molecular formula is C27H26N6O4. The maximum Gasteiger partial charge on any atom is 0.264 e. The minimum absolute atomic E-state index is 0.0840. The lowest BCUT2D eigenvalue weighted by Crippen LogP contribution is -2.54. The van der Waals surface area contributed by atoms with E-state index in [0.29, 0.717) is 12.2 Å². The molecule has 3 aromatic rings. The zero-order valence-electron chi connectivity index (χ0n) is 20.3. The zero-order valence-corrected chi connectivity index (χ0v) is 20.3. The first-order valence-corrected chi connectivity index (χ1v) is 12.3. The Bertz CT molecular complexity index is 1450. The fourth-order valence-corrected chi connectivity index (χ4v) is 5.48. The predicted molar refractivity (Wildman–Crippen MR) is 135 cm³/mol. The standard InChI is InChI=1S/C27H26N6O4/c1-31-12-11-21(17-5-2-3-8-20(17)31)32-15-16(14-29-32)13-28-19-7-4-6-18-24(19)27(37)33(26(18)36)22-9-10-23(34)30-25(22)35/h2-8,14-15,21-22,28H,9-13H2,1H3,(H,30,34,35). The highest BCUT2D eigenvalue weighted by Gasteiger charge is 2.45. The molecule has 4 amide bonds. The Morgan fingerprint density at radius 2 is 1.84 bits per heavy atom. The monoisotopic (exact) mass is 498 g/mol. The Labute approximate surface area is 213 Å². The Hall–Kier alpha value is -4.47. The second-order valence-corrected chi connectivity index (χ2v) is 9.64. The maximum atomic E-state index is 13.3. The predicted octanol–water partition coefficient (Wildman–Crippen LogP) is 2.33. The van der Waals surface area contributed by atoms with Gasteiger partial charge in [-0.2, -0.15) is 5.10 Å². The van der Waals surface area contributed by atoms with Crippen LogP contribution >= 0.6 is 0 Å². The topological polar surface area (TPSA) is 117 Å². The summed E-state index contributed by atoms with van der Waals surface area (Å²) in [6.07, 6.45) is 4.96. The van der Waals surface area contributed by atoms with Gasteiger partial charge < -0.3 is 10.2 Å². The quantitative estimate of drug-likeness (QED) is 0.519. The molecule has 4 heterocycles. The van der Waals surface area contributed by atoms with E-state index in [9.17, 15) is 19.2 Å². The van der Waals surface area contributed by atoms with E-state index in [1.807, 2.05) is 23.0 Å². The van der Waals surface area contributed by atoms with Gasteiger partial charge in [-0.15, -0.1) is 0 Å². The minimum atomic E-state index is -0.992. The van der Waals surface area contributed by atoms with Crippen LogP contribution in [0.4, 0.5) is 11.4 Å². The van der Waals surface area contributed by atoms with Gasteiger partial charge in [0.25, 0.3) is 11.8 Å². The van der Waals surface area contributed by atoms with Crippen molar-refractivity contribution in [3.63, 3.8) is 0 Å². The molecule has 0 aliphatic carbocycles. The fraction of sp³-hybridized carbons (Fsp3) is 0.296. The number of rotatable bonds is 5. The molecule has 2 unspecified atom stereocenters. The van der Waals surface area contributed by atoms with Gasteiger partial charge in [-0.3, -0.25) is 34.1 Å². The highest BCUT2D eigenvalue weighted by molar-refractivity contribution is 6.25. The number of nitrogens with zero attached hydrogens (tertiary/aromatic N) is 4. The summed E-state index contributed by atoms with van der Waals surface area (Å²) in [4.78, 5) is 53.5. The van der Waals surface area contributed by atoms with E-state index in [1.165, 1.54) is 11.3 Å². The number of carbonyl (C=O) groups is 4. The van der Waals surface area contributed by atoms with Crippen LogP contribution in [-0.4, -0.2) is 57.9 Å². The molecule has 2 N–H and O–H groups in total. The lowest BCUT2D eigenvalue weighted by molar-refractivity contribution is -0.136. The van der Waals surface area contributed by atoms with Gasteiger partial charge in [0.05, 0.1) is 23.4 Å². The summed E-state index contributed by atoms with van der Waals surface area (Å²) < 4.78 is 1.98. The van der Waals surface area contributed by atoms with E-state index in [4.69, 9.17) is 0 Å². The Morgan fingerprint density at radius 1 is 1.00 bits per heavy atom. The summed E-state index contributed by atoms with van der Waals surface area (Å²) in [7, 11) is 2.10. The van der Waals surface area contributed by atoms with Crippen molar-refractivity contribution < 1.29 is 19.2 Å². The molecule has 0 saturated carbocycles. The summed E-state index contributed by atoms with van der Waals surface area (Å²) in [6, 6.07) is 12.5. The van der Waals surface area contributed by atoms with E-state index in [2.05, 4.69) is 39.8 Å². The third-order valence-electron chi connectivity index (χ3n) is 7.37. The molecule has 10 nitrogen and oxygen atoms in total. The second-order valence-electron chi connectivity index (χ2n) is 9.64. The molecule has 3 aliphatic heterocycles. The first-order valence-electron chi connectivity index (χ1n) is 12.3. The van der Waals surface area contributed by atoms with E-state index >= 15 is 0 Å². The van der Waals surface area contributed by atoms with Crippen molar-refractivity contribution in [2.24, 2.45) is 0 Å². The molecule has 6 rings (SSSR count). The summed E-state index contributed by atoms with van der Waals surface area (Å²) in [6.45, 7) is 1.34. The average Bonchev–Trinajstić information content (AvgIpc) is 3.46. The van der Waals surface area contributed by atoms with Crippen molar-refractivity contribution >= 4 is 35.0 Å². The number of carbonyl (C=O) groups excluding carboxylic acids is 4. The van der Waals surface area contributed by atoms with Crippen molar-refractivity contribution in [3.05, 3.63) is 77.1 Å². The lowest BCUT2D eigenvalue weighted by atomic mass is 9.97. The molecule has 0 radical (unpaired) electrons. The van der Waals surface area contributed by atoms with Crippen LogP contribution in [0, 0.1) is 0 Å². The van der Waals surface area contributed by atoms with Crippen LogP contribution in [0.2, 0.25) is 0 Å². The van der Waals surface area contributed by atoms with E-state index in [-0.39, 0.29) is 30.0 Å². The molecule has 188 valence electrons. The number of aromatic nitrogens is 2. The third-order valence-corrected chi connectivity index (χ3v) is 7.37. The van der Waals surface area contributed by atoms with E-state index < -0.39 is 29.7 Å². The number of anilines is 2. The number of benzene rings is 2. The molecule has 3 aliphatic rings. The van der Waals surface area contributed by atoms with Gasteiger partial charge in [-0.25, -0.2) is 0 Å². The molecular weight excluding hydrogens is 472 g/mol. The second kappa shape index (κ2) is 8.88. The Morgan fingerprint density at radius 3 is 2.68 bits per heavy atom. The number of para-hydroxylation sites is 1. The van der Waals surface area contributed by atoms with Crippen LogP contribution in [0.25, 0.3) is 0 Å². The maximum absolute atomic E-state index is 13.3. The molecule has 1 saturated heterocycles. The first kappa shape index (κ1) is 23.0. The zero-order chi connectivity index (χ0) is 25.7. The van der Waals surface area contributed by atoms with Gasteiger partial charge in [-0.05, 0) is 31.0 Å². The third kappa shape index (κ3) is 3.85. The first-order chi connectivity index (χ1) is 17.9. The molecule has 37 heavy (non-hydrogen) atoms. The Balaban J connectivity index is 1.20. The lowest BCUT2D eigenvalue weighted by Gasteiger charge is -2.33. The number of fused-ring (bicyclic) bond motifs is 2. The largest absolute Gasteiger partial charge is 0.380 e. The molecule has 10 heteroatoms. The van der Waals surface area contributed by atoms with Gasteiger partial charge in [-0.1, -0.05) is 24.3 Å². The van der Waals surface area contributed by atoms with Crippen LogP contribution in [0.1, 0.15) is 57.1 Å². The fourth-order valence-electron chi connectivity index (χ4n) is 5.48. The number of piperidine rings is 1. The highest BCUT2D eigenvalue weighted by atomic mass is 16.2. The molecule has 0 spiro atoms. The molecule has 1 fully saturated rings. The smallest absolute Gasteiger partial charge is 0.264 e. The van der Waals surface area contributed by atoms with Gasteiger partial charge in [0, 0.05) is 55.3 Å². The van der Waals surface area contributed by atoms with Crippen molar-refractivity contribution in [1.29, 1.82) is 0 Å². The van der Waals surface area contributed by atoms with Crippen LogP contribution in [0.3, 0.4) is 0 Å². The highest BCUT2D eigenvalue weighted by Crippen LogP contribution is 2.35. The number of hydrogen-bond donors (Lipinski definition) is 2. The van der Waals surface area contributed by atoms with Crippen molar-refractivity contribution in [2.75, 3.05) is 23.8 Å².